The van der Waals surface area contributed by atoms with Gasteiger partial charge in [0.2, 0.25) is 0 Å². The van der Waals surface area contributed by atoms with E-state index < -0.39 is 11.9 Å². The van der Waals surface area contributed by atoms with Crippen molar-refractivity contribution in [3.05, 3.63) is 65.5 Å². The number of carbonyl (C=O) groups excluding carboxylic acids is 2. The van der Waals surface area contributed by atoms with Crippen molar-refractivity contribution >= 4 is 18.1 Å². The number of aromatic nitrogens is 1. The molecule has 24 heavy (non-hydrogen) atoms. The zero-order valence-electron chi connectivity index (χ0n) is 14.0. The molecular weight excluding hydrogens is 306 g/mol. The highest BCUT2D eigenvalue weighted by atomic mass is 16.5. The molecule has 5 heteroatoms. The van der Waals surface area contributed by atoms with E-state index in [1.165, 1.54) is 19.8 Å². The smallest absolute Gasteiger partial charge is 0.340 e. The standard InChI is InChI=1S/C19H21NO4/c1-4-20-13-15(11-10-14-8-6-5-7-9-14)18(19(22)24-3)16(20)12-17(21)23-2/h4-9,13H,1,10-12H2,2-3H3. The maximum atomic E-state index is 12.2. The molecule has 0 atom stereocenters. The molecule has 0 amide bonds. The van der Waals surface area contributed by atoms with Gasteiger partial charge >= 0.3 is 11.9 Å². The van der Waals surface area contributed by atoms with Crippen LogP contribution < -0.4 is 0 Å². The van der Waals surface area contributed by atoms with Crippen LogP contribution in [0, 0.1) is 0 Å². The molecule has 1 aromatic heterocycles. The maximum Gasteiger partial charge on any atom is 0.340 e. The fourth-order valence-corrected chi connectivity index (χ4v) is 2.64. The Bertz CT molecular complexity index is 731. The second-order valence-corrected chi connectivity index (χ2v) is 5.30. The monoisotopic (exact) mass is 327 g/mol. The van der Waals surface area contributed by atoms with E-state index in [-0.39, 0.29) is 6.42 Å². The van der Waals surface area contributed by atoms with Gasteiger partial charge in [-0.25, -0.2) is 4.79 Å². The molecule has 0 aliphatic carbocycles. The molecule has 2 rings (SSSR count). The lowest BCUT2D eigenvalue weighted by Crippen LogP contribution is -2.13. The maximum absolute atomic E-state index is 12.2. The van der Waals surface area contributed by atoms with E-state index in [2.05, 4.69) is 6.58 Å². The number of aryl methyl sites for hydroxylation is 2. The highest BCUT2D eigenvalue weighted by molar-refractivity contribution is 5.94. The first-order chi connectivity index (χ1) is 11.6. The van der Waals surface area contributed by atoms with E-state index in [0.717, 1.165) is 12.0 Å². The van der Waals surface area contributed by atoms with Gasteiger partial charge in [-0.1, -0.05) is 36.9 Å². The number of rotatable bonds is 7. The zero-order valence-corrected chi connectivity index (χ0v) is 14.0. The summed E-state index contributed by atoms with van der Waals surface area (Å²) in [5.74, 6) is -0.881. The number of methoxy groups -OCH3 is 2. The summed E-state index contributed by atoms with van der Waals surface area (Å²) in [6, 6.07) is 10.0. The predicted octanol–water partition coefficient (Wildman–Crippen LogP) is 2.88. The second kappa shape index (κ2) is 8.15. The van der Waals surface area contributed by atoms with Gasteiger partial charge in [0.15, 0.2) is 0 Å². The van der Waals surface area contributed by atoms with E-state index in [4.69, 9.17) is 9.47 Å². The summed E-state index contributed by atoms with van der Waals surface area (Å²) in [6.07, 6.45) is 4.81. The van der Waals surface area contributed by atoms with Gasteiger partial charge in [0, 0.05) is 18.1 Å². The Balaban J connectivity index is 2.36. The average Bonchev–Trinajstić information content (AvgIpc) is 2.97. The van der Waals surface area contributed by atoms with Crippen LogP contribution in [0.2, 0.25) is 0 Å². The number of carbonyl (C=O) groups is 2. The Kier molecular flexibility index (Phi) is 5.95. The number of esters is 2. The molecule has 126 valence electrons. The minimum atomic E-state index is -0.461. The minimum absolute atomic E-state index is 0.0156. The van der Waals surface area contributed by atoms with Gasteiger partial charge in [0.1, 0.15) is 0 Å². The van der Waals surface area contributed by atoms with Crippen LogP contribution in [0.25, 0.3) is 6.20 Å². The van der Waals surface area contributed by atoms with Crippen molar-refractivity contribution in [2.24, 2.45) is 0 Å². The van der Waals surface area contributed by atoms with Crippen LogP contribution in [0.1, 0.15) is 27.2 Å². The summed E-state index contributed by atoms with van der Waals surface area (Å²) in [6.45, 7) is 3.74. The molecule has 0 aliphatic heterocycles. The van der Waals surface area contributed by atoms with Crippen molar-refractivity contribution in [3.63, 3.8) is 0 Å². The third-order valence-corrected chi connectivity index (χ3v) is 3.87. The number of nitrogens with zero attached hydrogens (tertiary/aromatic N) is 1. The molecular formula is C19H21NO4. The first kappa shape index (κ1) is 17.5. The highest BCUT2D eigenvalue weighted by Crippen LogP contribution is 2.22. The number of ether oxygens (including phenoxy) is 2. The van der Waals surface area contributed by atoms with Gasteiger partial charge in [0.05, 0.1) is 26.2 Å². The molecule has 0 radical (unpaired) electrons. The molecule has 0 saturated carbocycles. The quantitative estimate of drug-likeness (QED) is 0.734. The fraction of sp³-hybridized carbons (Fsp3) is 0.263. The summed E-state index contributed by atoms with van der Waals surface area (Å²) >= 11 is 0. The normalized spacial score (nSPS) is 10.2. The van der Waals surface area contributed by atoms with E-state index in [1.807, 2.05) is 36.5 Å². The summed E-state index contributed by atoms with van der Waals surface area (Å²) in [5, 5.41) is 0. The summed E-state index contributed by atoms with van der Waals surface area (Å²) in [4.78, 5) is 23.9. The van der Waals surface area contributed by atoms with Crippen LogP contribution in [0.15, 0.2) is 43.1 Å². The van der Waals surface area contributed by atoms with Gasteiger partial charge in [-0.2, -0.15) is 0 Å². The lowest BCUT2D eigenvalue weighted by Gasteiger charge is -2.07. The fourth-order valence-electron chi connectivity index (χ4n) is 2.64. The molecule has 5 nitrogen and oxygen atoms in total. The predicted molar refractivity (Wildman–Crippen MR) is 91.7 cm³/mol. The summed E-state index contributed by atoms with van der Waals surface area (Å²) < 4.78 is 11.3. The van der Waals surface area contributed by atoms with Gasteiger partial charge in [-0.3, -0.25) is 4.79 Å². The van der Waals surface area contributed by atoms with E-state index in [1.54, 1.807) is 10.8 Å². The lowest BCUT2D eigenvalue weighted by molar-refractivity contribution is -0.139. The van der Waals surface area contributed by atoms with Crippen molar-refractivity contribution < 1.29 is 19.1 Å². The van der Waals surface area contributed by atoms with Crippen molar-refractivity contribution in [3.8, 4) is 0 Å². The van der Waals surface area contributed by atoms with Gasteiger partial charge < -0.3 is 14.0 Å². The third kappa shape index (κ3) is 3.93. The molecule has 0 N–H and O–H groups in total. The zero-order chi connectivity index (χ0) is 17.5. The Morgan fingerprint density at radius 2 is 1.83 bits per heavy atom. The summed E-state index contributed by atoms with van der Waals surface area (Å²) in [7, 11) is 2.65. The van der Waals surface area contributed by atoms with Crippen LogP contribution >= 0.6 is 0 Å². The largest absolute Gasteiger partial charge is 0.469 e. The SMILES string of the molecule is C=Cn1cc(CCc2ccccc2)c(C(=O)OC)c1CC(=O)OC. The van der Waals surface area contributed by atoms with Crippen LogP contribution in [-0.4, -0.2) is 30.7 Å². The Morgan fingerprint density at radius 3 is 2.42 bits per heavy atom. The molecule has 2 aromatic rings. The number of hydrogen-bond donors (Lipinski definition) is 0. The minimum Gasteiger partial charge on any atom is -0.469 e. The molecule has 0 unspecified atom stereocenters. The summed E-state index contributed by atoms with van der Waals surface area (Å²) in [5.41, 5.74) is 2.95. The van der Waals surface area contributed by atoms with E-state index in [9.17, 15) is 9.59 Å². The first-order valence-corrected chi connectivity index (χ1v) is 7.64. The van der Waals surface area contributed by atoms with Crippen LogP contribution in [-0.2, 0) is 33.5 Å². The van der Waals surface area contributed by atoms with E-state index in [0.29, 0.717) is 17.7 Å². The van der Waals surface area contributed by atoms with Crippen LogP contribution in [0.5, 0.6) is 0 Å². The third-order valence-electron chi connectivity index (χ3n) is 3.87. The second-order valence-electron chi connectivity index (χ2n) is 5.30. The van der Waals surface area contributed by atoms with E-state index >= 15 is 0 Å². The lowest BCUT2D eigenvalue weighted by atomic mass is 10.0. The molecule has 0 fully saturated rings. The number of hydrogen-bond acceptors (Lipinski definition) is 4. The van der Waals surface area contributed by atoms with Gasteiger partial charge in [0.25, 0.3) is 0 Å². The Hall–Kier alpha value is -2.82. The highest BCUT2D eigenvalue weighted by Gasteiger charge is 2.23. The Morgan fingerprint density at radius 1 is 1.12 bits per heavy atom. The van der Waals surface area contributed by atoms with Crippen molar-refractivity contribution in [2.45, 2.75) is 19.3 Å². The van der Waals surface area contributed by atoms with Crippen LogP contribution in [0.3, 0.4) is 0 Å². The molecule has 0 aliphatic rings. The molecule has 1 heterocycles. The van der Waals surface area contributed by atoms with Crippen molar-refractivity contribution in [1.29, 1.82) is 0 Å². The molecule has 0 saturated heterocycles. The molecule has 1 aromatic carbocycles. The average molecular weight is 327 g/mol. The molecule has 0 spiro atoms. The Labute approximate surface area is 141 Å². The van der Waals surface area contributed by atoms with Gasteiger partial charge in [-0.15, -0.1) is 0 Å². The van der Waals surface area contributed by atoms with Crippen LogP contribution in [0.4, 0.5) is 0 Å². The topological polar surface area (TPSA) is 57.5 Å². The number of benzene rings is 1. The first-order valence-electron chi connectivity index (χ1n) is 7.64. The van der Waals surface area contributed by atoms with Gasteiger partial charge in [-0.05, 0) is 24.0 Å². The molecule has 0 bridgehead atoms. The van der Waals surface area contributed by atoms with Crippen molar-refractivity contribution in [1.82, 2.24) is 4.57 Å². The van der Waals surface area contributed by atoms with Crippen molar-refractivity contribution in [2.75, 3.05) is 14.2 Å².